The molecule has 0 aliphatic rings. The van der Waals surface area contributed by atoms with Crippen molar-refractivity contribution in [3.63, 3.8) is 0 Å². The molecule has 5 heteroatoms. The minimum Gasteiger partial charge on any atom is -0.348 e. The standard InChI is InChI=1S/C15H25N3O2/c1-3-5-7-14(19)13(9-12-10-16-11-17-12)18-15(20)8-6-4-2/h10-11,13H,3-9H2,1-2H3,(H,16,17)(H,18,20)/t13-/m1/s1. The number of ketones is 1. The molecule has 1 aromatic heterocycles. The molecule has 1 heterocycles. The number of hydrogen-bond donors (Lipinski definition) is 2. The van der Waals surface area contributed by atoms with Gasteiger partial charge in [-0.1, -0.05) is 26.7 Å². The molecule has 1 atom stereocenters. The molecular formula is C15H25N3O2. The third kappa shape index (κ3) is 5.99. The molecule has 0 bridgehead atoms. The average Bonchev–Trinajstić information content (AvgIpc) is 2.94. The molecule has 1 rings (SSSR count). The first-order chi connectivity index (χ1) is 9.67. The van der Waals surface area contributed by atoms with Gasteiger partial charge in [0.15, 0.2) is 5.78 Å². The topological polar surface area (TPSA) is 74.8 Å². The summed E-state index contributed by atoms with van der Waals surface area (Å²) in [6.45, 7) is 4.10. The van der Waals surface area contributed by atoms with Gasteiger partial charge in [0.05, 0.1) is 12.4 Å². The maximum atomic E-state index is 12.2. The van der Waals surface area contributed by atoms with Crippen molar-refractivity contribution in [3.8, 4) is 0 Å². The van der Waals surface area contributed by atoms with Crippen LogP contribution in [0.25, 0.3) is 0 Å². The van der Waals surface area contributed by atoms with E-state index in [1.807, 2.05) is 6.92 Å². The highest BCUT2D eigenvalue weighted by atomic mass is 16.2. The number of rotatable bonds is 10. The fourth-order valence-electron chi connectivity index (χ4n) is 1.99. The summed E-state index contributed by atoms with van der Waals surface area (Å²) in [7, 11) is 0. The highest BCUT2D eigenvalue weighted by Gasteiger charge is 2.20. The highest BCUT2D eigenvalue weighted by Crippen LogP contribution is 2.06. The van der Waals surface area contributed by atoms with E-state index in [0.717, 1.165) is 31.4 Å². The summed E-state index contributed by atoms with van der Waals surface area (Å²) in [4.78, 5) is 30.9. The largest absolute Gasteiger partial charge is 0.348 e. The fraction of sp³-hybridized carbons (Fsp3) is 0.667. The number of nitrogens with zero attached hydrogens (tertiary/aromatic N) is 1. The number of carbonyl (C=O) groups is 2. The van der Waals surface area contributed by atoms with Crippen LogP contribution in [0.1, 0.15) is 58.1 Å². The summed E-state index contributed by atoms with van der Waals surface area (Å²) in [6.07, 6.45) is 8.44. The zero-order valence-electron chi connectivity index (χ0n) is 12.4. The molecule has 0 radical (unpaired) electrons. The monoisotopic (exact) mass is 279 g/mol. The number of Topliss-reactive ketones (excluding diaryl/α,β-unsaturated/α-hetero) is 1. The normalized spacial score (nSPS) is 12.1. The van der Waals surface area contributed by atoms with Crippen molar-refractivity contribution in [1.29, 1.82) is 0 Å². The number of unbranched alkanes of at least 4 members (excludes halogenated alkanes) is 2. The lowest BCUT2D eigenvalue weighted by Crippen LogP contribution is -2.42. The SMILES string of the molecule is CCCCC(=O)N[C@H](Cc1cnc[nH]1)C(=O)CCCC. The molecule has 0 aromatic carbocycles. The van der Waals surface area contributed by atoms with Crippen molar-refractivity contribution >= 4 is 11.7 Å². The smallest absolute Gasteiger partial charge is 0.220 e. The van der Waals surface area contributed by atoms with Gasteiger partial charge in [0, 0.05) is 31.2 Å². The lowest BCUT2D eigenvalue weighted by molar-refractivity contribution is -0.128. The Morgan fingerprint density at radius 3 is 2.55 bits per heavy atom. The van der Waals surface area contributed by atoms with E-state index in [4.69, 9.17) is 0 Å². The molecule has 0 fully saturated rings. The number of hydrogen-bond acceptors (Lipinski definition) is 3. The van der Waals surface area contributed by atoms with Gasteiger partial charge in [0.1, 0.15) is 0 Å². The molecular weight excluding hydrogens is 254 g/mol. The molecule has 20 heavy (non-hydrogen) atoms. The number of H-pyrrole nitrogens is 1. The molecule has 0 aliphatic carbocycles. The van der Waals surface area contributed by atoms with Crippen LogP contribution in [0.5, 0.6) is 0 Å². The van der Waals surface area contributed by atoms with E-state index < -0.39 is 6.04 Å². The summed E-state index contributed by atoms with van der Waals surface area (Å²) in [6, 6.07) is -0.439. The minimum atomic E-state index is -0.439. The van der Waals surface area contributed by atoms with Gasteiger partial charge in [-0.15, -0.1) is 0 Å². The molecule has 1 amide bonds. The van der Waals surface area contributed by atoms with Crippen LogP contribution < -0.4 is 5.32 Å². The average molecular weight is 279 g/mol. The number of aromatic nitrogens is 2. The van der Waals surface area contributed by atoms with Crippen LogP contribution >= 0.6 is 0 Å². The third-order valence-corrected chi connectivity index (χ3v) is 3.24. The van der Waals surface area contributed by atoms with E-state index in [-0.39, 0.29) is 11.7 Å². The van der Waals surface area contributed by atoms with E-state index >= 15 is 0 Å². The van der Waals surface area contributed by atoms with Crippen LogP contribution in [-0.4, -0.2) is 27.7 Å². The molecule has 0 saturated heterocycles. The zero-order chi connectivity index (χ0) is 14.8. The van der Waals surface area contributed by atoms with Crippen molar-refractivity contribution < 1.29 is 9.59 Å². The lowest BCUT2D eigenvalue weighted by atomic mass is 10.0. The summed E-state index contributed by atoms with van der Waals surface area (Å²) >= 11 is 0. The Hall–Kier alpha value is -1.65. The number of aromatic amines is 1. The second kappa shape index (κ2) is 9.28. The van der Waals surface area contributed by atoms with Crippen molar-refractivity contribution in [1.82, 2.24) is 15.3 Å². The minimum absolute atomic E-state index is 0.0405. The van der Waals surface area contributed by atoms with Gasteiger partial charge in [-0.05, 0) is 12.8 Å². The molecule has 112 valence electrons. The summed E-state index contributed by atoms with van der Waals surface area (Å²) in [5.74, 6) is 0.0625. The van der Waals surface area contributed by atoms with Crippen LogP contribution in [0.2, 0.25) is 0 Å². The molecule has 0 unspecified atom stereocenters. The molecule has 0 spiro atoms. The van der Waals surface area contributed by atoms with Crippen LogP contribution in [0, 0.1) is 0 Å². The van der Waals surface area contributed by atoms with E-state index in [1.54, 1.807) is 12.5 Å². The van der Waals surface area contributed by atoms with Crippen LogP contribution in [0.3, 0.4) is 0 Å². The lowest BCUT2D eigenvalue weighted by Gasteiger charge is -2.17. The van der Waals surface area contributed by atoms with Gasteiger partial charge in [-0.25, -0.2) is 4.98 Å². The summed E-state index contributed by atoms with van der Waals surface area (Å²) in [5.41, 5.74) is 0.871. The van der Waals surface area contributed by atoms with Gasteiger partial charge >= 0.3 is 0 Å². The number of amides is 1. The molecule has 2 N–H and O–H groups in total. The van der Waals surface area contributed by atoms with E-state index in [1.165, 1.54) is 0 Å². The van der Waals surface area contributed by atoms with Gasteiger partial charge in [0.2, 0.25) is 5.91 Å². The highest BCUT2D eigenvalue weighted by molar-refractivity contribution is 5.89. The maximum Gasteiger partial charge on any atom is 0.220 e. The molecule has 0 saturated carbocycles. The van der Waals surface area contributed by atoms with Crippen LogP contribution in [0.15, 0.2) is 12.5 Å². The van der Waals surface area contributed by atoms with Crippen molar-refractivity contribution in [2.45, 2.75) is 64.8 Å². The Kier molecular flexibility index (Phi) is 7.62. The number of imidazole rings is 1. The fourth-order valence-corrected chi connectivity index (χ4v) is 1.99. The Morgan fingerprint density at radius 1 is 1.25 bits per heavy atom. The first kappa shape index (κ1) is 16.4. The quantitative estimate of drug-likeness (QED) is 0.690. The Morgan fingerprint density at radius 2 is 1.95 bits per heavy atom. The Bertz CT molecular complexity index is 401. The van der Waals surface area contributed by atoms with E-state index in [9.17, 15) is 9.59 Å². The van der Waals surface area contributed by atoms with Gasteiger partial charge in [-0.2, -0.15) is 0 Å². The van der Waals surface area contributed by atoms with E-state index in [0.29, 0.717) is 19.3 Å². The zero-order valence-corrected chi connectivity index (χ0v) is 12.4. The third-order valence-electron chi connectivity index (χ3n) is 3.24. The molecule has 5 nitrogen and oxygen atoms in total. The van der Waals surface area contributed by atoms with E-state index in [2.05, 4.69) is 22.2 Å². The second-order valence-corrected chi connectivity index (χ2v) is 5.07. The second-order valence-electron chi connectivity index (χ2n) is 5.07. The van der Waals surface area contributed by atoms with Crippen molar-refractivity contribution in [3.05, 3.63) is 18.2 Å². The maximum absolute atomic E-state index is 12.2. The molecule has 0 aliphatic heterocycles. The number of nitrogens with one attached hydrogen (secondary N) is 2. The first-order valence-electron chi connectivity index (χ1n) is 7.46. The van der Waals surface area contributed by atoms with Gasteiger partial charge < -0.3 is 10.3 Å². The Balaban J connectivity index is 2.58. The van der Waals surface area contributed by atoms with Crippen molar-refractivity contribution in [2.75, 3.05) is 0 Å². The first-order valence-corrected chi connectivity index (χ1v) is 7.46. The molecule has 1 aromatic rings. The number of carbonyl (C=O) groups excluding carboxylic acids is 2. The van der Waals surface area contributed by atoms with Crippen molar-refractivity contribution in [2.24, 2.45) is 0 Å². The van der Waals surface area contributed by atoms with Gasteiger partial charge in [-0.3, -0.25) is 9.59 Å². The van der Waals surface area contributed by atoms with Gasteiger partial charge in [0.25, 0.3) is 0 Å². The van der Waals surface area contributed by atoms with Crippen LogP contribution in [-0.2, 0) is 16.0 Å². The van der Waals surface area contributed by atoms with Crippen LogP contribution in [0.4, 0.5) is 0 Å². The summed E-state index contributed by atoms with van der Waals surface area (Å²) < 4.78 is 0. The predicted octanol–water partition coefficient (Wildman–Crippen LogP) is 2.39. The predicted molar refractivity (Wildman–Crippen MR) is 78.3 cm³/mol. The Labute approximate surface area is 120 Å². The summed E-state index contributed by atoms with van der Waals surface area (Å²) in [5, 5.41) is 2.86.